The number of nitrogens with zero attached hydrogens (tertiary/aromatic N) is 2. The van der Waals surface area contributed by atoms with Crippen molar-refractivity contribution in [3.05, 3.63) is 63.7 Å². The van der Waals surface area contributed by atoms with Crippen molar-refractivity contribution in [2.24, 2.45) is 5.10 Å². The Morgan fingerprint density at radius 3 is 2.52 bits per heavy atom. The maximum atomic E-state index is 11.2. The summed E-state index contributed by atoms with van der Waals surface area (Å²) in [6.45, 7) is 4.36. The SMILES string of the molecule is Cc1cc(/C=N\NC(=O)CC#N)cc(C)c1OCc1ccc(Cl)cc1. The van der Waals surface area contributed by atoms with E-state index >= 15 is 0 Å². The monoisotopic (exact) mass is 355 g/mol. The van der Waals surface area contributed by atoms with Gasteiger partial charge in [0.15, 0.2) is 0 Å². The fourth-order valence-corrected chi connectivity index (χ4v) is 2.44. The molecule has 0 bridgehead atoms. The van der Waals surface area contributed by atoms with Crippen LogP contribution in [-0.4, -0.2) is 12.1 Å². The standard InChI is InChI=1S/C19H18ClN3O2/c1-13-9-16(11-22-23-18(24)7-8-21)10-14(2)19(13)25-12-15-3-5-17(20)6-4-15/h3-6,9-11H,7,12H2,1-2H3,(H,23,24)/b22-11-. The average molecular weight is 356 g/mol. The van der Waals surface area contributed by atoms with Crippen LogP contribution >= 0.6 is 11.6 Å². The molecule has 0 aliphatic rings. The van der Waals surface area contributed by atoms with E-state index in [-0.39, 0.29) is 6.42 Å². The summed E-state index contributed by atoms with van der Waals surface area (Å²) in [6, 6.07) is 13.1. The largest absolute Gasteiger partial charge is 0.488 e. The highest BCUT2D eigenvalue weighted by Crippen LogP contribution is 2.25. The van der Waals surface area contributed by atoms with Crippen molar-refractivity contribution in [1.82, 2.24) is 5.43 Å². The maximum absolute atomic E-state index is 11.2. The highest BCUT2D eigenvalue weighted by Gasteiger charge is 2.07. The molecule has 0 saturated carbocycles. The Morgan fingerprint density at radius 2 is 1.92 bits per heavy atom. The quantitative estimate of drug-likeness (QED) is 0.630. The Balaban J connectivity index is 2.04. The Morgan fingerprint density at radius 1 is 1.28 bits per heavy atom. The topological polar surface area (TPSA) is 74.5 Å². The first kappa shape index (κ1) is 18.5. The van der Waals surface area contributed by atoms with E-state index < -0.39 is 5.91 Å². The Bertz CT molecular complexity index is 801. The van der Waals surface area contributed by atoms with Crippen LogP contribution in [0.3, 0.4) is 0 Å². The van der Waals surface area contributed by atoms with Crippen LogP contribution in [0.15, 0.2) is 41.5 Å². The molecule has 0 saturated heterocycles. The van der Waals surface area contributed by atoms with Gasteiger partial charge in [0, 0.05) is 5.02 Å². The van der Waals surface area contributed by atoms with Gasteiger partial charge >= 0.3 is 0 Å². The molecule has 2 aromatic carbocycles. The molecule has 1 amide bonds. The number of carbonyl (C=O) groups is 1. The number of hydrogen-bond donors (Lipinski definition) is 1. The van der Waals surface area contributed by atoms with Gasteiger partial charge < -0.3 is 4.74 Å². The number of hydrogen-bond acceptors (Lipinski definition) is 4. The number of halogens is 1. The van der Waals surface area contributed by atoms with Gasteiger partial charge in [0.25, 0.3) is 5.91 Å². The molecular formula is C19H18ClN3O2. The highest BCUT2D eigenvalue weighted by atomic mass is 35.5. The van der Waals surface area contributed by atoms with Crippen LogP contribution in [-0.2, 0) is 11.4 Å². The van der Waals surface area contributed by atoms with Gasteiger partial charge in [-0.2, -0.15) is 10.4 Å². The van der Waals surface area contributed by atoms with Crippen molar-refractivity contribution in [1.29, 1.82) is 5.26 Å². The van der Waals surface area contributed by atoms with Crippen molar-refractivity contribution in [2.45, 2.75) is 26.9 Å². The average Bonchev–Trinajstić information content (AvgIpc) is 2.56. The van der Waals surface area contributed by atoms with Gasteiger partial charge in [0.1, 0.15) is 18.8 Å². The van der Waals surface area contributed by atoms with E-state index in [1.807, 2.05) is 50.2 Å². The minimum Gasteiger partial charge on any atom is -0.488 e. The molecule has 2 aromatic rings. The van der Waals surface area contributed by atoms with Crippen LogP contribution in [0.2, 0.25) is 5.02 Å². The lowest BCUT2D eigenvalue weighted by Crippen LogP contribution is -2.16. The van der Waals surface area contributed by atoms with Gasteiger partial charge in [-0.05, 0) is 60.4 Å². The predicted octanol–water partition coefficient (Wildman–Crippen LogP) is 3.90. The van der Waals surface area contributed by atoms with E-state index in [0.717, 1.165) is 28.0 Å². The van der Waals surface area contributed by atoms with E-state index in [2.05, 4.69) is 10.5 Å². The van der Waals surface area contributed by atoms with Gasteiger partial charge in [-0.25, -0.2) is 5.43 Å². The minimum absolute atomic E-state index is 0.215. The van der Waals surface area contributed by atoms with E-state index in [9.17, 15) is 4.79 Å². The third-order valence-electron chi connectivity index (χ3n) is 3.42. The zero-order chi connectivity index (χ0) is 18.2. The summed E-state index contributed by atoms with van der Waals surface area (Å²) in [5.74, 6) is 0.385. The summed E-state index contributed by atoms with van der Waals surface area (Å²) >= 11 is 5.88. The first-order valence-corrected chi connectivity index (χ1v) is 8.04. The van der Waals surface area contributed by atoms with Crippen molar-refractivity contribution in [3.63, 3.8) is 0 Å². The lowest BCUT2D eigenvalue weighted by molar-refractivity contribution is -0.120. The molecular weight excluding hydrogens is 338 g/mol. The van der Waals surface area contributed by atoms with Crippen LogP contribution in [0.25, 0.3) is 0 Å². The lowest BCUT2D eigenvalue weighted by Gasteiger charge is -2.13. The first-order chi connectivity index (χ1) is 12.0. The second-order valence-corrected chi connectivity index (χ2v) is 5.96. The smallest absolute Gasteiger partial charge is 0.254 e. The van der Waals surface area contributed by atoms with E-state index in [4.69, 9.17) is 21.6 Å². The molecule has 128 valence electrons. The normalized spacial score (nSPS) is 10.5. The molecule has 5 nitrogen and oxygen atoms in total. The molecule has 0 aliphatic heterocycles. The zero-order valence-electron chi connectivity index (χ0n) is 14.0. The summed E-state index contributed by atoms with van der Waals surface area (Å²) in [4.78, 5) is 11.2. The van der Waals surface area contributed by atoms with Crippen molar-refractivity contribution in [3.8, 4) is 11.8 Å². The van der Waals surface area contributed by atoms with Crippen LogP contribution in [0.5, 0.6) is 5.75 Å². The Labute approximate surface area is 151 Å². The third kappa shape index (κ3) is 5.63. The Hall–Kier alpha value is -2.84. The fraction of sp³-hybridized carbons (Fsp3) is 0.211. The molecule has 1 N–H and O–H groups in total. The highest BCUT2D eigenvalue weighted by molar-refractivity contribution is 6.30. The van der Waals surface area contributed by atoms with E-state index in [1.54, 1.807) is 6.07 Å². The summed E-state index contributed by atoms with van der Waals surface area (Å²) in [6.07, 6.45) is 1.32. The molecule has 0 aromatic heterocycles. The van der Waals surface area contributed by atoms with Gasteiger partial charge in [0.2, 0.25) is 0 Å². The molecule has 0 heterocycles. The number of aryl methyl sites for hydroxylation is 2. The van der Waals surface area contributed by atoms with Gasteiger partial charge in [-0.3, -0.25) is 4.79 Å². The van der Waals surface area contributed by atoms with Crippen molar-refractivity contribution < 1.29 is 9.53 Å². The molecule has 0 aliphatic carbocycles. The molecule has 0 atom stereocenters. The molecule has 0 radical (unpaired) electrons. The molecule has 0 spiro atoms. The van der Waals surface area contributed by atoms with Crippen LogP contribution < -0.4 is 10.2 Å². The molecule has 6 heteroatoms. The van der Waals surface area contributed by atoms with Gasteiger partial charge in [0.05, 0.1) is 12.3 Å². The second-order valence-electron chi connectivity index (χ2n) is 5.53. The van der Waals surface area contributed by atoms with Crippen LogP contribution in [0, 0.1) is 25.2 Å². The summed E-state index contributed by atoms with van der Waals surface area (Å²) in [5.41, 5.74) is 6.12. The number of ether oxygens (including phenoxy) is 1. The zero-order valence-corrected chi connectivity index (χ0v) is 14.8. The third-order valence-corrected chi connectivity index (χ3v) is 3.67. The van der Waals surface area contributed by atoms with Crippen LogP contribution in [0.1, 0.15) is 28.7 Å². The summed E-state index contributed by atoms with van der Waals surface area (Å²) < 4.78 is 5.93. The first-order valence-electron chi connectivity index (χ1n) is 7.67. The summed E-state index contributed by atoms with van der Waals surface area (Å²) in [5, 5.41) is 13.0. The minimum atomic E-state index is -0.435. The number of rotatable bonds is 6. The van der Waals surface area contributed by atoms with Gasteiger partial charge in [-0.1, -0.05) is 23.7 Å². The maximum Gasteiger partial charge on any atom is 0.254 e. The number of nitrogens with one attached hydrogen (secondary N) is 1. The van der Waals surface area contributed by atoms with Crippen molar-refractivity contribution in [2.75, 3.05) is 0 Å². The number of carbonyl (C=O) groups excluding carboxylic acids is 1. The summed E-state index contributed by atoms with van der Waals surface area (Å²) in [7, 11) is 0. The number of benzene rings is 2. The van der Waals surface area contributed by atoms with Crippen LogP contribution in [0.4, 0.5) is 0 Å². The molecule has 25 heavy (non-hydrogen) atoms. The van der Waals surface area contributed by atoms with Crippen molar-refractivity contribution >= 4 is 23.7 Å². The molecule has 2 rings (SSSR count). The Kier molecular flexibility index (Phi) is 6.55. The number of nitriles is 1. The lowest BCUT2D eigenvalue weighted by atomic mass is 10.1. The molecule has 0 fully saturated rings. The number of amides is 1. The van der Waals surface area contributed by atoms with Gasteiger partial charge in [-0.15, -0.1) is 0 Å². The predicted molar refractivity (Wildman–Crippen MR) is 97.7 cm³/mol. The van der Waals surface area contributed by atoms with E-state index in [1.165, 1.54) is 6.21 Å². The second kappa shape index (κ2) is 8.86. The molecule has 0 unspecified atom stereocenters. The number of hydrazone groups is 1. The van der Waals surface area contributed by atoms with E-state index in [0.29, 0.717) is 11.6 Å². The fourth-order valence-electron chi connectivity index (χ4n) is 2.31.